The summed E-state index contributed by atoms with van der Waals surface area (Å²) in [6.45, 7) is 2.38. The molecule has 1 heterocycles. The summed E-state index contributed by atoms with van der Waals surface area (Å²) in [5.41, 5.74) is 2.15. The van der Waals surface area contributed by atoms with E-state index in [0.29, 0.717) is 40.9 Å². The highest BCUT2D eigenvalue weighted by Crippen LogP contribution is 2.33. The molecule has 1 atom stereocenters. The van der Waals surface area contributed by atoms with Crippen LogP contribution in [0.2, 0.25) is 5.02 Å². The minimum absolute atomic E-state index is 0.256. The van der Waals surface area contributed by atoms with Crippen LogP contribution in [-0.4, -0.2) is 32.6 Å². The number of hydrogen-bond acceptors (Lipinski definition) is 4. The molecule has 1 fully saturated rings. The zero-order valence-electron chi connectivity index (χ0n) is 15.4. The third-order valence-electron chi connectivity index (χ3n) is 4.53. The van der Waals surface area contributed by atoms with Gasteiger partial charge in [-0.3, -0.25) is 9.59 Å². The third-order valence-corrected chi connectivity index (χ3v) is 4.84. The van der Waals surface area contributed by atoms with E-state index in [4.69, 9.17) is 21.1 Å². The van der Waals surface area contributed by atoms with E-state index in [1.807, 2.05) is 19.1 Å². The highest BCUT2D eigenvalue weighted by Gasteiger charge is 2.38. The van der Waals surface area contributed by atoms with Crippen molar-refractivity contribution in [1.82, 2.24) is 0 Å². The number of rotatable bonds is 5. The van der Waals surface area contributed by atoms with Gasteiger partial charge < -0.3 is 19.7 Å². The first-order chi connectivity index (χ1) is 12.9. The Bertz CT molecular complexity index is 862. The van der Waals surface area contributed by atoms with Gasteiger partial charge in [0.25, 0.3) is 0 Å². The number of aryl methyl sites for hydroxylation is 1. The van der Waals surface area contributed by atoms with Crippen molar-refractivity contribution < 1.29 is 19.1 Å². The number of nitrogens with one attached hydrogen (secondary N) is 1. The fourth-order valence-corrected chi connectivity index (χ4v) is 3.44. The van der Waals surface area contributed by atoms with Gasteiger partial charge in [-0.1, -0.05) is 17.7 Å². The van der Waals surface area contributed by atoms with Gasteiger partial charge in [0, 0.05) is 30.4 Å². The molecular weight excluding hydrogens is 368 g/mol. The van der Waals surface area contributed by atoms with E-state index in [1.165, 1.54) is 14.2 Å². The molecule has 1 unspecified atom stereocenters. The molecule has 2 aromatic carbocycles. The second kappa shape index (κ2) is 7.88. The Hall–Kier alpha value is -2.73. The van der Waals surface area contributed by atoms with E-state index >= 15 is 0 Å². The molecule has 1 aliphatic heterocycles. The van der Waals surface area contributed by atoms with Crippen LogP contribution in [0.3, 0.4) is 0 Å². The van der Waals surface area contributed by atoms with Crippen molar-refractivity contribution in [2.24, 2.45) is 5.92 Å². The Balaban J connectivity index is 1.76. The first-order valence-electron chi connectivity index (χ1n) is 8.54. The van der Waals surface area contributed by atoms with Crippen LogP contribution in [0.15, 0.2) is 36.4 Å². The zero-order valence-corrected chi connectivity index (χ0v) is 16.2. The predicted octanol–water partition coefficient (Wildman–Crippen LogP) is 3.66. The molecule has 3 rings (SSSR count). The van der Waals surface area contributed by atoms with Crippen molar-refractivity contribution >= 4 is 34.8 Å². The van der Waals surface area contributed by atoms with Gasteiger partial charge in [0.15, 0.2) is 0 Å². The summed E-state index contributed by atoms with van der Waals surface area (Å²) in [7, 11) is 3.06. The molecule has 2 amide bonds. The normalized spacial score (nSPS) is 16.4. The summed E-state index contributed by atoms with van der Waals surface area (Å²) < 4.78 is 10.4. The number of ether oxygens (including phenoxy) is 2. The number of amides is 2. The van der Waals surface area contributed by atoms with Crippen LogP contribution in [0.5, 0.6) is 11.5 Å². The summed E-state index contributed by atoms with van der Waals surface area (Å²) in [6, 6.07) is 10.6. The van der Waals surface area contributed by atoms with Crippen LogP contribution in [-0.2, 0) is 9.59 Å². The Labute approximate surface area is 163 Å². The average molecular weight is 389 g/mol. The fraction of sp³-hybridized carbons (Fsp3) is 0.300. The zero-order chi connectivity index (χ0) is 19.6. The van der Waals surface area contributed by atoms with E-state index in [0.717, 1.165) is 5.56 Å². The van der Waals surface area contributed by atoms with Crippen molar-refractivity contribution in [3.05, 3.63) is 47.0 Å². The molecule has 1 aliphatic rings. The molecule has 0 aliphatic carbocycles. The summed E-state index contributed by atoms with van der Waals surface area (Å²) in [4.78, 5) is 27.0. The van der Waals surface area contributed by atoms with Crippen molar-refractivity contribution in [1.29, 1.82) is 0 Å². The minimum atomic E-state index is -0.764. The lowest BCUT2D eigenvalue weighted by Gasteiger charge is -2.18. The van der Waals surface area contributed by atoms with E-state index in [2.05, 4.69) is 5.32 Å². The molecule has 7 heteroatoms. The Morgan fingerprint density at radius 2 is 1.81 bits per heavy atom. The molecule has 1 saturated heterocycles. The van der Waals surface area contributed by atoms with Gasteiger partial charge in [-0.05, 0) is 31.0 Å². The number of anilines is 2. The molecule has 0 bridgehead atoms. The van der Waals surface area contributed by atoms with E-state index in [1.54, 1.807) is 29.2 Å². The first kappa shape index (κ1) is 19.0. The lowest BCUT2D eigenvalue weighted by atomic mass is 10.1. The Morgan fingerprint density at radius 3 is 2.41 bits per heavy atom. The molecular formula is C20H21ClN2O4. The maximum atomic E-state index is 12.8. The summed E-state index contributed by atoms with van der Waals surface area (Å²) in [5.74, 6) is -0.278. The largest absolute Gasteiger partial charge is 0.497 e. The molecule has 27 heavy (non-hydrogen) atoms. The molecule has 0 spiro atoms. The van der Waals surface area contributed by atoms with Crippen LogP contribution >= 0.6 is 11.6 Å². The van der Waals surface area contributed by atoms with E-state index < -0.39 is 5.92 Å². The molecule has 0 aromatic heterocycles. The lowest BCUT2D eigenvalue weighted by molar-refractivity contribution is -0.129. The maximum absolute atomic E-state index is 12.8. The molecule has 2 aromatic rings. The third kappa shape index (κ3) is 4.01. The molecule has 0 radical (unpaired) electrons. The maximum Gasteiger partial charge on any atom is 0.239 e. The molecule has 6 nitrogen and oxygen atoms in total. The molecule has 1 N–H and O–H groups in total. The Kier molecular flexibility index (Phi) is 5.56. The number of carbonyl (C=O) groups excluding carboxylic acids is 2. The number of carbonyl (C=O) groups is 2. The first-order valence-corrected chi connectivity index (χ1v) is 8.92. The van der Waals surface area contributed by atoms with Gasteiger partial charge in [0.1, 0.15) is 17.4 Å². The van der Waals surface area contributed by atoms with Gasteiger partial charge in [-0.15, -0.1) is 0 Å². The second-order valence-corrected chi connectivity index (χ2v) is 6.78. The highest BCUT2D eigenvalue weighted by atomic mass is 35.5. The summed E-state index contributed by atoms with van der Waals surface area (Å²) in [5, 5.41) is 3.28. The van der Waals surface area contributed by atoms with Crippen LogP contribution in [0, 0.1) is 12.8 Å². The van der Waals surface area contributed by atoms with Gasteiger partial charge in [0.05, 0.1) is 24.9 Å². The van der Waals surface area contributed by atoms with Crippen LogP contribution in [0.25, 0.3) is 0 Å². The Morgan fingerprint density at radius 1 is 1.15 bits per heavy atom. The number of halogens is 1. The van der Waals surface area contributed by atoms with Gasteiger partial charge in [0.2, 0.25) is 11.8 Å². The standard InChI is InChI=1S/C20H21ClN2O4/c1-12-4-5-18(17(21)8-12)23-7-6-16(20(23)25)19(24)22-13-9-14(26-2)11-15(10-13)27-3/h4-5,8-11,16H,6-7H2,1-3H3,(H,22,24). The smallest absolute Gasteiger partial charge is 0.239 e. The number of methoxy groups -OCH3 is 2. The van der Waals surface area contributed by atoms with Crippen LogP contribution < -0.4 is 19.7 Å². The summed E-state index contributed by atoms with van der Waals surface area (Å²) in [6.07, 6.45) is 0.427. The predicted molar refractivity (Wildman–Crippen MR) is 105 cm³/mol. The number of benzene rings is 2. The monoisotopic (exact) mass is 388 g/mol. The number of nitrogens with zero attached hydrogens (tertiary/aromatic N) is 1. The second-order valence-electron chi connectivity index (χ2n) is 6.38. The van der Waals surface area contributed by atoms with Gasteiger partial charge in [-0.25, -0.2) is 0 Å². The van der Waals surface area contributed by atoms with E-state index in [9.17, 15) is 9.59 Å². The minimum Gasteiger partial charge on any atom is -0.497 e. The molecule has 142 valence electrons. The van der Waals surface area contributed by atoms with Crippen LogP contribution in [0.4, 0.5) is 11.4 Å². The van der Waals surface area contributed by atoms with Gasteiger partial charge >= 0.3 is 0 Å². The lowest BCUT2D eigenvalue weighted by Crippen LogP contribution is -2.33. The van der Waals surface area contributed by atoms with Gasteiger partial charge in [-0.2, -0.15) is 0 Å². The van der Waals surface area contributed by atoms with Crippen molar-refractivity contribution in [2.45, 2.75) is 13.3 Å². The fourth-order valence-electron chi connectivity index (χ4n) is 3.10. The van der Waals surface area contributed by atoms with Crippen molar-refractivity contribution in [2.75, 3.05) is 31.0 Å². The van der Waals surface area contributed by atoms with Crippen molar-refractivity contribution in [3.63, 3.8) is 0 Å². The van der Waals surface area contributed by atoms with Crippen molar-refractivity contribution in [3.8, 4) is 11.5 Å². The average Bonchev–Trinajstić information content (AvgIpc) is 3.02. The number of hydrogen-bond donors (Lipinski definition) is 1. The van der Waals surface area contributed by atoms with E-state index in [-0.39, 0.29) is 11.8 Å². The SMILES string of the molecule is COc1cc(NC(=O)C2CCN(c3ccc(C)cc3Cl)C2=O)cc(OC)c1. The summed E-state index contributed by atoms with van der Waals surface area (Å²) >= 11 is 6.28. The molecule has 0 saturated carbocycles. The van der Waals surface area contributed by atoms with Crippen LogP contribution in [0.1, 0.15) is 12.0 Å². The topological polar surface area (TPSA) is 67.9 Å². The quantitative estimate of drug-likeness (QED) is 0.794. The highest BCUT2D eigenvalue weighted by molar-refractivity contribution is 6.34.